The highest BCUT2D eigenvalue weighted by molar-refractivity contribution is 14.1. The molecule has 0 amide bonds. The molecule has 0 nitrogen and oxygen atoms in total. The van der Waals surface area contributed by atoms with Crippen molar-refractivity contribution in [3.8, 4) is 55.6 Å². The van der Waals surface area contributed by atoms with Gasteiger partial charge in [-0.1, -0.05) is 243 Å². The molecule has 0 bridgehead atoms. The summed E-state index contributed by atoms with van der Waals surface area (Å²) in [6.07, 6.45) is 0. The van der Waals surface area contributed by atoms with Gasteiger partial charge in [-0.15, -0.1) is 0 Å². The maximum Gasteiger partial charge on any atom is 0.0714 e. The quantitative estimate of drug-likeness (QED) is 0.133. The highest BCUT2D eigenvalue weighted by Crippen LogP contribution is 2.61. The monoisotopic (exact) mass is 1200 g/mol. The molecule has 0 atom stereocenters. The SMILES string of the molecule is Ic1ccc2c(c1)C(c1ccccc1)(c1ccccc1)c1cc(-c3ccc4c(c3)C(c3ccccc3)(c3ccccc3)c3cc(-c5ccc6c(c5)C(c5ccccc5)(c5ccccc5)c5cc(I)ccc5-6)ccc3-4)ccc1-2. The number of rotatable bonds is 8. The molecule has 2 heteroatoms. The van der Waals surface area contributed by atoms with Crippen LogP contribution in [0.3, 0.4) is 0 Å². The van der Waals surface area contributed by atoms with Crippen LogP contribution < -0.4 is 0 Å². The van der Waals surface area contributed by atoms with Gasteiger partial charge in [0.2, 0.25) is 0 Å². The van der Waals surface area contributed by atoms with Crippen LogP contribution in [0.5, 0.6) is 0 Å². The lowest BCUT2D eigenvalue weighted by Gasteiger charge is -2.35. The first kappa shape index (κ1) is 46.4. The number of benzene rings is 12. The predicted molar refractivity (Wildman–Crippen MR) is 335 cm³/mol. The van der Waals surface area contributed by atoms with Crippen LogP contribution in [0.4, 0.5) is 0 Å². The average molecular weight is 1200 g/mol. The Labute approximate surface area is 478 Å². The van der Waals surface area contributed by atoms with Gasteiger partial charge >= 0.3 is 0 Å². The lowest BCUT2D eigenvalue weighted by Crippen LogP contribution is -2.29. The van der Waals surface area contributed by atoms with Crippen LogP contribution in [-0.2, 0) is 16.2 Å². The van der Waals surface area contributed by atoms with E-state index in [0.29, 0.717) is 0 Å². The summed E-state index contributed by atoms with van der Waals surface area (Å²) in [7, 11) is 0. The molecule has 0 heterocycles. The molecule has 0 saturated carbocycles. The molecule has 0 spiro atoms. The van der Waals surface area contributed by atoms with Crippen molar-refractivity contribution in [3.63, 3.8) is 0 Å². The van der Waals surface area contributed by atoms with Crippen LogP contribution in [0.2, 0.25) is 0 Å². The van der Waals surface area contributed by atoms with E-state index < -0.39 is 16.2 Å². The van der Waals surface area contributed by atoms with Gasteiger partial charge in [0.05, 0.1) is 16.2 Å². The maximum absolute atomic E-state index is 2.52. The first-order chi connectivity index (χ1) is 38.0. The van der Waals surface area contributed by atoms with E-state index in [-0.39, 0.29) is 0 Å². The molecule has 15 rings (SSSR count). The Morgan fingerprint density at radius 2 is 0.364 bits per heavy atom. The summed E-state index contributed by atoms with van der Waals surface area (Å²) in [4.78, 5) is 0. The van der Waals surface area contributed by atoms with E-state index in [0.717, 1.165) is 0 Å². The van der Waals surface area contributed by atoms with Crippen LogP contribution in [0.1, 0.15) is 66.8 Å². The van der Waals surface area contributed by atoms with Crippen LogP contribution in [0.15, 0.2) is 291 Å². The smallest absolute Gasteiger partial charge is 0.0622 e. The van der Waals surface area contributed by atoms with Gasteiger partial charge in [0.25, 0.3) is 0 Å². The molecule has 0 aromatic heterocycles. The van der Waals surface area contributed by atoms with Gasteiger partial charge in [0, 0.05) is 7.14 Å². The van der Waals surface area contributed by atoms with Gasteiger partial charge in [-0.3, -0.25) is 0 Å². The van der Waals surface area contributed by atoms with E-state index in [1.54, 1.807) is 0 Å². The molecule has 77 heavy (non-hydrogen) atoms. The number of fused-ring (bicyclic) bond motifs is 9. The lowest BCUT2D eigenvalue weighted by atomic mass is 9.66. The Bertz CT molecular complexity index is 3900. The second-order valence-electron chi connectivity index (χ2n) is 20.9. The van der Waals surface area contributed by atoms with Crippen LogP contribution in [0.25, 0.3) is 55.6 Å². The predicted octanol–water partition coefficient (Wildman–Crippen LogP) is 19.3. The van der Waals surface area contributed by atoms with E-state index in [4.69, 9.17) is 0 Å². The van der Waals surface area contributed by atoms with Crippen LogP contribution in [-0.4, -0.2) is 0 Å². The minimum atomic E-state index is -0.623. The minimum Gasteiger partial charge on any atom is -0.0622 e. The molecule has 0 radical (unpaired) electrons. The normalized spacial score (nSPS) is 14.4. The fourth-order valence-corrected chi connectivity index (χ4v) is 15.1. The van der Waals surface area contributed by atoms with Gasteiger partial charge in [-0.25, -0.2) is 0 Å². The molecule has 0 aliphatic heterocycles. The van der Waals surface area contributed by atoms with Crippen LogP contribution >= 0.6 is 45.2 Å². The van der Waals surface area contributed by atoms with E-state index in [1.165, 1.54) is 130 Å². The maximum atomic E-state index is 2.52. The Hall–Kier alpha value is -7.90. The zero-order valence-electron chi connectivity index (χ0n) is 42.0. The molecule has 3 aliphatic rings. The van der Waals surface area contributed by atoms with Crippen molar-refractivity contribution < 1.29 is 0 Å². The minimum absolute atomic E-state index is 0.508. The zero-order chi connectivity index (χ0) is 51.3. The van der Waals surface area contributed by atoms with Gasteiger partial charge < -0.3 is 0 Å². The fraction of sp³-hybridized carbons (Fsp3) is 0.0400. The van der Waals surface area contributed by atoms with E-state index in [1.807, 2.05) is 0 Å². The second-order valence-corrected chi connectivity index (χ2v) is 23.4. The van der Waals surface area contributed by atoms with Crippen molar-refractivity contribution in [2.75, 3.05) is 0 Å². The highest BCUT2D eigenvalue weighted by atomic mass is 127. The topological polar surface area (TPSA) is 0 Å². The van der Waals surface area contributed by atoms with E-state index in [2.05, 4.69) is 336 Å². The number of halogens is 2. The molecular formula is C75H48I2. The summed E-state index contributed by atoms with van der Waals surface area (Å²) in [6.45, 7) is 0. The molecule has 12 aromatic carbocycles. The highest BCUT2D eigenvalue weighted by Gasteiger charge is 2.50. The standard InChI is InChI=1S/C75H48I2/c76-59-35-41-65-63-39-33-51(45-69(63)74(71(65)47-59,55-23-11-3-12-24-55)56-25-13-4-14-26-56)49-31-37-61-62-38-32-50(44-68(62)73(67(61)43-49,53-19-7-1-8-20-53)54-21-9-2-10-22-54)52-34-40-64-66-42-36-60(77)48-72(66)75(70(64)46-52,57-27-15-5-16-28-57)58-29-17-6-18-30-58/h1-48H. The first-order valence-electron chi connectivity index (χ1n) is 26.5. The Morgan fingerprint density at radius 3 is 0.571 bits per heavy atom. The Morgan fingerprint density at radius 1 is 0.182 bits per heavy atom. The van der Waals surface area contributed by atoms with Crippen molar-refractivity contribution >= 4 is 45.2 Å². The van der Waals surface area contributed by atoms with Crippen molar-refractivity contribution in [1.82, 2.24) is 0 Å². The summed E-state index contributed by atoms with van der Waals surface area (Å²) in [5.41, 5.74) is 26.3. The number of hydrogen-bond donors (Lipinski definition) is 0. The van der Waals surface area contributed by atoms with Crippen LogP contribution in [0, 0.1) is 7.14 Å². The third-order valence-corrected chi connectivity index (χ3v) is 18.6. The molecule has 3 aliphatic carbocycles. The molecule has 0 saturated heterocycles. The Kier molecular flexibility index (Phi) is 10.9. The lowest BCUT2D eigenvalue weighted by molar-refractivity contribution is 0.766. The Balaban J connectivity index is 0.944. The third kappa shape index (κ3) is 6.74. The molecule has 362 valence electrons. The van der Waals surface area contributed by atoms with Crippen molar-refractivity contribution in [3.05, 3.63) is 365 Å². The summed E-state index contributed by atoms with van der Waals surface area (Å²) in [6, 6.07) is 110. The summed E-state index contributed by atoms with van der Waals surface area (Å²) >= 11 is 4.98. The zero-order valence-corrected chi connectivity index (χ0v) is 46.3. The number of hydrogen-bond acceptors (Lipinski definition) is 0. The fourth-order valence-electron chi connectivity index (χ4n) is 14.1. The average Bonchev–Trinajstić information content (AvgIpc) is 4.09. The van der Waals surface area contributed by atoms with E-state index >= 15 is 0 Å². The van der Waals surface area contributed by atoms with Gasteiger partial charge in [-0.2, -0.15) is 0 Å². The first-order valence-corrected chi connectivity index (χ1v) is 28.7. The molecule has 12 aromatic rings. The summed E-state index contributed by atoms with van der Waals surface area (Å²) < 4.78 is 2.46. The van der Waals surface area contributed by atoms with Crippen molar-refractivity contribution in [1.29, 1.82) is 0 Å². The second kappa shape index (κ2) is 18.1. The molecule has 0 N–H and O–H groups in total. The van der Waals surface area contributed by atoms with Gasteiger partial charge in [0.15, 0.2) is 0 Å². The summed E-state index contributed by atoms with van der Waals surface area (Å²) in [5.74, 6) is 0. The molecular weight excluding hydrogens is 1150 g/mol. The van der Waals surface area contributed by atoms with Gasteiger partial charge in [-0.05, 0) is 216 Å². The molecule has 0 fully saturated rings. The summed E-state index contributed by atoms with van der Waals surface area (Å²) in [5, 5.41) is 0. The van der Waals surface area contributed by atoms with Crippen molar-refractivity contribution in [2.24, 2.45) is 0 Å². The largest absolute Gasteiger partial charge is 0.0714 e. The van der Waals surface area contributed by atoms with Gasteiger partial charge in [0.1, 0.15) is 0 Å². The van der Waals surface area contributed by atoms with Crippen molar-refractivity contribution in [2.45, 2.75) is 16.2 Å². The third-order valence-electron chi connectivity index (χ3n) is 17.2. The van der Waals surface area contributed by atoms with E-state index in [9.17, 15) is 0 Å². The molecule has 0 unspecified atom stereocenters.